The number of benzene rings is 1. The van der Waals surface area contributed by atoms with Gasteiger partial charge in [0.15, 0.2) is 5.82 Å². The van der Waals surface area contributed by atoms with Gasteiger partial charge in [-0.05, 0) is 42.6 Å². The Balaban J connectivity index is 1.69. The molecule has 3 rings (SSSR count). The Hall–Kier alpha value is -3.25. The summed E-state index contributed by atoms with van der Waals surface area (Å²) in [6, 6.07) is 3.71. The molecule has 0 fully saturated rings. The molecule has 2 aliphatic heterocycles. The number of nitrogens with one attached hydrogen (secondary N) is 2. The van der Waals surface area contributed by atoms with E-state index in [-0.39, 0.29) is 17.6 Å². The molecule has 6 heteroatoms. The van der Waals surface area contributed by atoms with Crippen molar-refractivity contribution in [2.45, 2.75) is 33.7 Å². The number of aliphatic imine (C=N–C) groups is 1. The summed E-state index contributed by atoms with van der Waals surface area (Å²) in [7, 11) is 1.59. The van der Waals surface area contributed by atoms with Crippen molar-refractivity contribution in [2.75, 3.05) is 25.5 Å². The van der Waals surface area contributed by atoms with Crippen LogP contribution in [-0.4, -0.2) is 36.7 Å². The first-order valence-corrected chi connectivity index (χ1v) is 11.3. The van der Waals surface area contributed by atoms with E-state index in [0.29, 0.717) is 34.8 Å². The number of nitrogens with zero attached hydrogens (tertiary/aromatic N) is 2. The molecule has 0 spiro atoms. The fourth-order valence-corrected chi connectivity index (χ4v) is 4.01. The van der Waals surface area contributed by atoms with Crippen molar-refractivity contribution in [3.8, 4) is 0 Å². The van der Waals surface area contributed by atoms with E-state index in [4.69, 9.17) is 0 Å². The fraction of sp³-hybridized carbons (Fsp3) is 0.333. The highest BCUT2D eigenvalue weighted by Gasteiger charge is 2.23. The molecule has 33 heavy (non-hydrogen) atoms. The molecule has 0 radical (unpaired) electrons. The molecule has 0 saturated carbocycles. The van der Waals surface area contributed by atoms with Gasteiger partial charge in [-0.2, -0.15) is 0 Å². The molecule has 0 bridgehead atoms. The summed E-state index contributed by atoms with van der Waals surface area (Å²) in [4.78, 5) is 18.5. The van der Waals surface area contributed by atoms with Crippen molar-refractivity contribution in [3.63, 3.8) is 0 Å². The number of carbonyl (C=O) groups is 1. The molecular formula is C27H33FN4O. The van der Waals surface area contributed by atoms with Gasteiger partial charge in [-0.15, -0.1) is 0 Å². The second kappa shape index (κ2) is 10.6. The highest BCUT2D eigenvalue weighted by Crippen LogP contribution is 2.36. The van der Waals surface area contributed by atoms with Crippen LogP contribution in [0.3, 0.4) is 0 Å². The number of allylic oxidation sites excluding steroid dienone is 4. The maximum Gasteiger partial charge on any atom is 0.250 e. The number of hydrogen-bond donors (Lipinski definition) is 2. The maximum atomic E-state index is 15.3. The largest absolute Gasteiger partial charge is 0.355 e. The van der Waals surface area contributed by atoms with Crippen molar-refractivity contribution in [3.05, 3.63) is 83.4 Å². The molecule has 2 heterocycles. The van der Waals surface area contributed by atoms with Crippen LogP contribution in [0.1, 0.15) is 32.8 Å². The summed E-state index contributed by atoms with van der Waals surface area (Å²) in [5, 5.41) is 5.69. The van der Waals surface area contributed by atoms with Gasteiger partial charge in [0, 0.05) is 37.8 Å². The van der Waals surface area contributed by atoms with Gasteiger partial charge in [0.25, 0.3) is 0 Å². The number of carbonyl (C=O) groups excluding carboxylic acids is 1. The van der Waals surface area contributed by atoms with Gasteiger partial charge in [0.05, 0.1) is 17.1 Å². The molecule has 0 unspecified atom stereocenters. The van der Waals surface area contributed by atoms with E-state index in [2.05, 4.69) is 39.8 Å². The summed E-state index contributed by atoms with van der Waals surface area (Å²) in [5.41, 5.74) is 5.89. The molecule has 0 atom stereocenters. The average Bonchev–Trinajstić information content (AvgIpc) is 2.81. The topological polar surface area (TPSA) is 56.7 Å². The SMILES string of the molecule is C=C(/C=C\C(=C/C)C1=CCN(Cc2ccc3c(c2F)NC(=C)C(C(C)C)=N3)CC1)C(=O)NC. The number of likely N-dealkylation sites (N-methyl/N-ethyl adjacent to an activating group) is 1. The van der Waals surface area contributed by atoms with Crippen molar-refractivity contribution in [2.24, 2.45) is 10.9 Å². The van der Waals surface area contributed by atoms with Crippen LogP contribution in [0.4, 0.5) is 15.8 Å². The van der Waals surface area contributed by atoms with Crippen LogP contribution in [0.2, 0.25) is 0 Å². The highest BCUT2D eigenvalue weighted by atomic mass is 19.1. The Bertz CT molecular complexity index is 1090. The maximum absolute atomic E-state index is 15.3. The molecule has 0 saturated heterocycles. The van der Waals surface area contributed by atoms with Crippen molar-refractivity contribution < 1.29 is 9.18 Å². The van der Waals surface area contributed by atoms with Gasteiger partial charge in [0.1, 0.15) is 5.69 Å². The molecule has 0 aliphatic carbocycles. The third-order valence-corrected chi connectivity index (χ3v) is 5.92. The molecule has 174 valence electrons. The van der Waals surface area contributed by atoms with E-state index < -0.39 is 0 Å². The van der Waals surface area contributed by atoms with E-state index in [1.54, 1.807) is 13.1 Å². The van der Waals surface area contributed by atoms with Crippen LogP contribution in [0.5, 0.6) is 0 Å². The molecule has 2 N–H and O–H groups in total. The van der Waals surface area contributed by atoms with Gasteiger partial charge in [-0.25, -0.2) is 9.38 Å². The number of hydrogen-bond acceptors (Lipinski definition) is 4. The van der Waals surface area contributed by atoms with Crippen LogP contribution in [0.25, 0.3) is 0 Å². The lowest BCUT2D eigenvalue weighted by molar-refractivity contribution is -0.116. The molecule has 0 aromatic heterocycles. The lowest BCUT2D eigenvalue weighted by Crippen LogP contribution is -2.29. The fourth-order valence-electron chi connectivity index (χ4n) is 4.01. The van der Waals surface area contributed by atoms with Crippen molar-refractivity contribution in [1.82, 2.24) is 10.2 Å². The second-order valence-electron chi connectivity index (χ2n) is 8.58. The van der Waals surface area contributed by atoms with E-state index in [1.807, 2.05) is 45.1 Å². The number of fused-ring (bicyclic) bond motifs is 1. The van der Waals surface area contributed by atoms with Gasteiger partial charge >= 0.3 is 0 Å². The van der Waals surface area contributed by atoms with Crippen LogP contribution >= 0.6 is 0 Å². The lowest BCUT2D eigenvalue weighted by atomic mass is 9.97. The predicted molar refractivity (Wildman–Crippen MR) is 135 cm³/mol. The first kappa shape index (κ1) is 24.4. The van der Waals surface area contributed by atoms with Gasteiger partial charge in [-0.1, -0.05) is 51.3 Å². The zero-order chi connectivity index (χ0) is 24.1. The van der Waals surface area contributed by atoms with Crippen molar-refractivity contribution in [1.29, 1.82) is 0 Å². The first-order chi connectivity index (χ1) is 15.7. The molecule has 1 amide bonds. The molecule has 2 aliphatic rings. The Morgan fingerprint density at radius 2 is 2.12 bits per heavy atom. The van der Waals surface area contributed by atoms with Gasteiger partial charge in [0.2, 0.25) is 5.91 Å². The van der Waals surface area contributed by atoms with Crippen LogP contribution in [0.15, 0.2) is 77.0 Å². The smallest absolute Gasteiger partial charge is 0.250 e. The minimum Gasteiger partial charge on any atom is -0.355 e. The Kier molecular flexibility index (Phi) is 7.82. The van der Waals surface area contributed by atoms with E-state index in [9.17, 15) is 4.79 Å². The van der Waals surface area contributed by atoms with E-state index in [0.717, 1.165) is 30.8 Å². The summed E-state index contributed by atoms with van der Waals surface area (Å²) in [6.07, 6.45) is 8.70. The zero-order valence-electron chi connectivity index (χ0n) is 20.0. The minimum atomic E-state index is -0.264. The van der Waals surface area contributed by atoms with E-state index in [1.165, 1.54) is 5.57 Å². The Labute approximate surface area is 196 Å². The molecular weight excluding hydrogens is 415 g/mol. The van der Waals surface area contributed by atoms with Crippen molar-refractivity contribution >= 4 is 23.0 Å². The average molecular weight is 449 g/mol. The monoisotopic (exact) mass is 448 g/mol. The number of halogens is 1. The quantitative estimate of drug-likeness (QED) is 0.432. The third-order valence-electron chi connectivity index (χ3n) is 5.92. The lowest BCUT2D eigenvalue weighted by Gasteiger charge is -2.28. The zero-order valence-corrected chi connectivity index (χ0v) is 20.0. The predicted octanol–water partition coefficient (Wildman–Crippen LogP) is 5.43. The number of amides is 1. The molecule has 1 aromatic carbocycles. The van der Waals surface area contributed by atoms with Crippen LogP contribution in [-0.2, 0) is 11.3 Å². The number of anilines is 1. The highest BCUT2D eigenvalue weighted by molar-refractivity contribution is 6.08. The summed E-state index contributed by atoms with van der Waals surface area (Å²) in [6.45, 7) is 15.9. The van der Waals surface area contributed by atoms with Crippen LogP contribution in [0, 0.1) is 11.7 Å². The molecule has 1 aromatic rings. The number of rotatable bonds is 7. The Morgan fingerprint density at radius 1 is 1.36 bits per heavy atom. The summed E-state index contributed by atoms with van der Waals surface area (Å²) >= 11 is 0. The third kappa shape index (κ3) is 5.57. The van der Waals surface area contributed by atoms with Crippen LogP contribution < -0.4 is 10.6 Å². The summed E-state index contributed by atoms with van der Waals surface area (Å²) in [5.74, 6) is -0.240. The normalized spacial score (nSPS) is 16.9. The van der Waals surface area contributed by atoms with Gasteiger partial charge < -0.3 is 10.6 Å². The Morgan fingerprint density at radius 3 is 2.73 bits per heavy atom. The van der Waals surface area contributed by atoms with E-state index >= 15 is 4.39 Å². The summed E-state index contributed by atoms with van der Waals surface area (Å²) < 4.78 is 15.3. The second-order valence-corrected chi connectivity index (χ2v) is 8.58. The minimum absolute atomic E-state index is 0.193. The molecule has 5 nitrogen and oxygen atoms in total. The first-order valence-electron chi connectivity index (χ1n) is 11.3. The van der Waals surface area contributed by atoms with Gasteiger partial charge in [-0.3, -0.25) is 9.69 Å². The standard InChI is InChI=1S/C27H33FN4O/c1-7-20(9-8-18(4)27(33)29-6)21-12-14-32(15-13-21)16-22-10-11-23-26(24(22)28)30-19(5)25(31-23)17(2)3/h7-12,17,30H,4-5,13-16H2,1-3,6H3,(H,29,33)/b9-8-,20-7+.